The molecule has 0 bridgehead atoms. The molecule has 1 aromatic rings. The fourth-order valence-electron chi connectivity index (χ4n) is 4.21. The average molecular weight is 388 g/mol. The Kier molecular flexibility index (Phi) is 8.33. The van der Waals surface area contributed by atoms with E-state index in [2.05, 4.69) is 44.0 Å². The summed E-state index contributed by atoms with van der Waals surface area (Å²) in [6.45, 7) is 8.84. The van der Waals surface area contributed by atoms with E-state index < -0.39 is 0 Å². The van der Waals surface area contributed by atoms with Gasteiger partial charge >= 0.3 is 0 Å². The van der Waals surface area contributed by atoms with Gasteiger partial charge in [0.1, 0.15) is 0 Å². The maximum absolute atomic E-state index is 4.91. The molecule has 1 N–H and O–H groups in total. The standard InChI is InChI=1S/C21H37N7/c1-3-22-20(25-13-8-14-26(2)19-9-5-4-6-10-19)27-15-17-28(18-16-27)21-23-11-7-12-24-21/h7,11-12,19H,3-6,8-10,13-18H2,1-2H3,(H,22,25). The van der Waals surface area contributed by atoms with E-state index >= 15 is 0 Å². The lowest BCUT2D eigenvalue weighted by molar-refractivity contribution is 0.191. The molecule has 2 fully saturated rings. The van der Waals surface area contributed by atoms with Crippen molar-refractivity contribution in [2.45, 2.75) is 51.5 Å². The van der Waals surface area contributed by atoms with E-state index in [1.54, 1.807) is 0 Å². The van der Waals surface area contributed by atoms with Crippen LogP contribution in [0.5, 0.6) is 0 Å². The first-order valence-corrected chi connectivity index (χ1v) is 11.0. The summed E-state index contributed by atoms with van der Waals surface area (Å²) < 4.78 is 0. The Morgan fingerprint density at radius 3 is 2.54 bits per heavy atom. The van der Waals surface area contributed by atoms with Gasteiger partial charge in [-0.05, 0) is 45.8 Å². The molecule has 3 rings (SSSR count). The van der Waals surface area contributed by atoms with Gasteiger partial charge in [0, 0.05) is 57.7 Å². The van der Waals surface area contributed by atoms with Crippen LogP contribution in [0.4, 0.5) is 5.95 Å². The van der Waals surface area contributed by atoms with E-state index in [1.807, 2.05) is 18.5 Å². The number of anilines is 1. The van der Waals surface area contributed by atoms with Gasteiger partial charge in [0.15, 0.2) is 5.96 Å². The van der Waals surface area contributed by atoms with Crippen LogP contribution in [0.2, 0.25) is 0 Å². The highest BCUT2D eigenvalue weighted by molar-refractivity contribution is 5.80. The second-order valence-corrected chi connectivity index (χ2v) is 7.88. The predicted octanol–water partition coefficient (Wildman–Crippen LogP) is 2.22. The van der Waals surface area contributed by atoms with Gasteiger partial charge < -0.3 is 20.0 Å². The van der Waals surface area contributed by atoms with Crippen LogP contribution in [-0.4, -0.2) is 84.6 Å². The number of rotatable bonds is 7. The molecule has 7 nitrogen and oxygen atoms in total. The van der Waals surface area contributed by atoms with Gasteiger partial charge in [-0.1, -0.05) is 19.3 Å². The first-order chi connectivity index (χ1) is 13.8. The Morgan fingerprint density at radius 1 is 1.14 bits per heavy atom. The molecule has 1 saturated heterocycles. The van der Waals surface area contributed by atoms with Crippen LogP contribution in [0, 0.1) is 0 Å². The molecule has 1 aromatic heterocycles. The van der Waals surface area contributed by atoms with Gasteiger partial charge in [0.2, 0.25) is 5.95 Å². The van der Waals surface area contributed by atoms with Gasteiger partial charge in [-0.15, -0.1) is 0 Å². The molecule has 1 saturated carbocycles. The Morgan fingerprint density at radius 2 is 1.86 bits per heavy atom. The summed E-state index contributed by atoms with van der Waals surface area (Å²) in [5.74, 6) is 1.88. The molecule has 0 aromatic carbocycles. The van der Waals surface area contributed by atoms with Crippen molar-refractivity contribution in [2.24, 2.45) is 4.99 Å². The maximum atomic E-state index is 4.91. The minimum atomic E-state index is 0.791. The van der Waals surface area contributed by atoms with Crippen molar-refractivity contribution in [1.29, 1.82) is 0 Å². The monoisotopic (exact) mass is 387 g/mol. The van der Waals surface area contributed by atoms with Gasteiger partial charge in [-0.3, -0.25) is 4.99 Å². The van der Waals surface area contributed by atoms with Crippen molar-refractivity contribution in [3.8, 4) is 0 Å². The Balaban J connectivity index is 1.43. The lowest BCUT2D eigenvalue weighted by Gasteiger charge is -2.36. The lowest BCUT2D eigenvalue weighted by Crippen LogP contribution is -2.53. The summed E-state index contributed by atoms with van der Waals surface area (Å²) in [6.07, 6.45) is 11.7. The molecule has 156 valence electrons. The Bertz CT molecular complexity index is 578. The Labute approximate surface area is 170 Å². The third-order valence-corrected chi connectivity index (χ3v) is 5.88. The molecule has 28 heavy (non-hydrogen) atoms. The van der Waals surface area contributed by atoms with Crippen LogP contribution < -0.4 is 10.2 Å². The van der Waals surface area contributed by atoms with Gasteiger partial charge in [-0.2, -0.15) is 0 Å². The number of hydrogen-bond donors (Lipinski definition) is 1. The number of guanidine groups is 1. The molecule has 2 heterocycles. The minimum absolute atomic E-state index is 0.791. The second kappa shape index (κ2) is 11.2. The first kappa shape index (κ1) is 20.8. The Hall–Kier alpha value is -1.89. The quantitative estimate of drug-likeness (QED) is 0.440. The summed E-state index contributed by atoms with van der Waals surface area (Å²) >= 11 is 0. The van der Waals surface area contributed by atoms with Crippen molar-refractivity contribution in [1.82, 2.24) is 25.1 Å². The fraction of sp³-hybridized carbons (Fsp3) is 0.762. The van der Waals surface area contributed by atoms with Crippen LogP contribution in [0.15, 0.2) is 23.5 Å². The van der Waals surface area contributed by atoms with E-state index in [1.165, 1.54) is 32.1 Å². The van der Waals surface area contributed by atoms with E-state index in [0.29, 0.717) is 0 Å². The summed E-state index contributed by atoms with van der Waals surface area (Å²) in [5, 5.41) is 3.47. The van der Waals surface area contributed by atoms with Crippen LogP contribution >= 0.6 is 0 Å². The van der Waals surface area contributed by atoms with Crippen LogP contribution in [0.1, 0.15) is 45.4 Å². The molecule has 0 atom stereocenters. The smallest absolute Gasteiger partial charge is 0.225 e. The van der Waals surface area contributed by atoms with Crippen molar-refractivity contribution >= 4 is 11.9 Å². The molecule has 1 aliphatic carbocycles. The molecule has 7 heteroatoms. The summed E-state index contributed by atoms with van der Waals surface area (Å²) in [4.78, 5) is 20.8. The van der Waals surface area contributed by atoms with Gasteiger partial charge in [-0.25, -0.2) is 9.97 Å². The second-order valence-electron chi connectivity index (χ2n) is 7.88. The van der Waals surface area contributed by atoms with Crippen molar-refractivity contribution in [3.05, 3.63) is 18.5 Å². The first-order valence-electron chi connectivity index (χ1n) is 11.0. The SMILES string of the molecule is CCNC(=NCCCN(C)C1CCCCC1)N1CCN(c2ncccn2)CC1. The van der Waals surface area contributed by atoms with E-state index in [0.717, 1.165) is 70.2 Å². The highest BCUT2D eigenvalue weighted by Gasteiger charge is 2.21. The van der Waals surface area contributed by atoms with E-state index in [9.17, 15) is 0 Å². The highest BCUT2D eigenvalue weighted by Crippen LogP contribution is 2.21. The van der Waals surface area contributed by atoms with Crippen LogP contribution in [0.3, 0.4) is 0 Å². The third kappa shape index (κ3) is 6.06. The zero-order valence-corrected chi connectivity index (χ0v) is 17.7. The molecule has 0 unspecified atom stereocenters. The number of piperazine rings is 1. The lowest BCUT2D eigenvalue weighted by atomic mass is 9.94. The van der Waals surface area contributed by atoms with E-state index in [4.69, 9.17) is 4.99 Å². The van der Waals surface area contributed by atoms with Gasteiger partial charge in [0.05, 0.1) is 0 Å². The molecule has 0 amide bonds. The number of nitrogens with zero attached hydrogens (tertiary/aromatic N) is 6. The fourth-order valence-corrected chi connectivity index (χ4v) is 4.21. The molecular weight excluding hydrogens is 350 g/mol. The summed E-state index contributed by atoms with van der Waals surface area (Å²) in [5.41, 5.74) is 0. The zero-order chi connectivity index (χ0) is 19.6. The van der Waals surface area contributed by atoms with Gasteiger partial charge in [0.25, 0.3) is 0 Å². The number of aromatic nitrogens is 2. The number of hydrogen-bond acceptors (Lipinski definition) is 5. The number of nitrogens with one attached hydrogen (secondary N) is 1. The maximum Gasteiger partial charge on any atom is 0.225 e. The highest BCUT2D eigenvalue weighted by atomic mass is 15.4. The largest absolute Gasteiger partial charge is 0.357 e. The van der Waals surface area contributed by atoms with Crippen LogP contribution in [-0.2, 0) is 0 Å². The number of aliphatic imine (C=N–C) groups is 1. The van der Waals surface area contributed by atoms with Crippen molar-refractivity contribution < 1.29 is 0 Å². The van der Waals surface area contributed by atoms with Crippen molar-refractivity contribution in [2.75, 3.05) is 57.8 Å². The zero-order valence-electron chi connectivity index (χ0n) is 17.7. The van der Waals surface area contributed by atoms with E-state index in [-0.39, 0.29) is 0 Å². The topological polar surface area (TPSA) is 59.9 Å². The summed E-state index contributed by atoms with van der Waals surface area (Å²) in [7, 11) is 2.29. The predicted molar refractivity (Wildman–Crippen MR) is 116 cm³/mol. The average Bonchev–Trinajstić information content (AvgIpc) is 2.77. The third-order valence-electron chi connectivity index (χ3n) is 5.88. The molecule has 1 aliphatic heterocycles. The molecule has 2 aliphatic rings. The molecular formula is C21H37N7. The normalized spacial score (nSPS) is 19.3. The minimum Gasteiger partial charge on any atom is -0.357 e. The van der Waals surface area contributed by atoms with Crippen LogP contribution in [0.25, 0.3) is 0 Å². The summed E-state index contributed by atoms with van der Waals surface area (Å²) in [6, 6.07) is 2.65. The molecule has 0 radical (unpaired) electrons. The van der Waals surface area contributed by atoms with Crippen molar-refractivity contribution in [3.63, 3.8) is 0 Å². The molecule has 0 spiro atoms.